The Kier molecular flexibility index (Phi) is 5.74. The van der Waals surface area contributed by atoms with Crippen LogP contribution in [0, 0.1) is 11.3 Å². The quantitative estimate of drug-likeness (QED) is 0.424. The second kappa shape index (κ2) is 8.72. The molecule has 2 saturated carbocycles. The van der Waals surface area contributed by atoms with Gasteiger partial charge in [0.15, 0.2) is 11.6 Å². The molecule has 36 heavy (non-hydrogen) atoms. The summed E-state index contributed by atoms with van der Waals surface area (Å²) in [7, 11) is 0. The van der Waals surface area contributed by atoms with Crippen molar-refractivity contribution in [1.29, 1.82) is 0 Å². The molecule has 0 amide bonds. The molecular formula is C29H30F3NO2S. The number of nitrogens with one attached hydrogen (secondary N) is 1. The maximum Gasteiger partial charge on any atom is 0.416 e. The van der Waals surface area contributed by atoms with Crippen LogP contribution in [0.5, 0.6) is 0 Å². The Hall–Kier alpha value is -2.67. The van der Waals surface area contributed by atoms with Crippen molar-refractivity contribution in [3.63, 3.8) is 0 Å². The van der Waals surface area contributed by atoms with E-state index < -0.39 is 17.7 Å². The lowest BCUT2D eigenvalue weighted by Gasteiger charge is -2.48. The summed E-state index contributed by atoms with van der Waals surface area (Å²) in [6.45, 7) is 0. The molecule has 1 aromatic heterocycles. The van der Waals surface area contributed by atoms with E-state index in [-0.39, 0.29) is 29.9 Å². The standard InChI is InChI=1S/C29H28F3NO2S.H2/c30-29(31,32)20-8-6-18(7-9-20)27(35)25-23(19-10-13-36-16-19)24-21(33-26(25)17-4-1-2-5-17)14-28(11-3-12-28)15-22(24)34;/h6-10,13,16-17,23,33H,1-5,11-12,14-15H2;1H. The van der Waals surface area contributed by atoms with E-state index in [1.807, 2.05) is 16.8 Å². The van der Waals surface area contributed by atoms with E-state index in [1.165, 1.54) is 23.5 Å². The number of carbonyl (C=O) groups is 2. The number of thiophene rings is 1. The molecule has 3 aliphatic carbocycles. The lowest BCUT2D eigenvalue weighted by molar-refractivity contribution is -0.137. The number of ketones is 2. The van der Waals surface area contributed by atoms with Crippen molar-refractivity contribution >= 4 is 22.9 Å². The molecule has 1 atom stereocenters. The maximum absolute atomic E-state index is 14.1. The van der Waals surface area contributed by atoms with Crippen molar-refractivity contribution in [2.45, 2.75) is 69.9 Å². The summed E-state index contributed by atoms with van der Waals surface area (Å²) in [6.07, 6.45) is 4.21. The second-order valence-electron chi connectivity index (χ2n) is 10.9. The van der Waals surface area contributed by atoms with Gasteiger partial charge in [-0.25, -0.2) is 0 Å². The zero-order chi connectivity index (χ0) is 25.1. The van der Waals surface area contributed by atoms with E-state index in [9.17, 15) is 22.8 Å². The lowest BCUT2D eigenvalue weighted by Crippen LogP contribution is -2.44. The average molecular weight is 514 g/mol. The number of allylic oxidation sites excluding steroid dienone is 4. The molecule has 1 spiro atoms. The summed E-state index contributed by atoms with van der Waals surface area (Å²) in [4.78, 5) is 27.8. The fourth-order valence-corrected chi connectivity index (χ4v) is 7.36. The molecule has 1 aromatic carbocycles. The van der Waals surface area contributed by atoms with Gasteiger partial charge in [0.1, 0.15) is 0 Å². The van der Waals surface area contributed by atoms with E-state index in [0.29, 0.717) is 17.6 Å². The summed E-state index contributed by atoms with van der Waals surface area (Å²) in [5.41, 5.74) is 3.47. The highest BCUT2D eigenvalue weighted by molar-refractivity contribution is 7.08. The summed E-state index contributed by atoms with van der Waals surface area (Å²) in [5, 5.41) is 7.57. The molecule has 7 heteroatoms. The van der Waals surface area contributed by atoms with Crippen LogP contribution >= 0.6 is 11.3 Å². The molecule has 0 bridgehead atoms. The van der Waals surface area contributed by atoms with Gasteiger partial charge >= 0.3 is 6.18 Å². The van der Waals surface area contributed by atoms with Crippen LogP contribution in [-0.4, -0.2) is 11.6 Å². The van der Waals surface area contributed by atoms with Gasteiger partial charge in [-0.1, -0.05) is 31.4 Å². The van der Waals surface area contributed by atoms with Gasteiger partial charge in [0.2, 0.25) is 0 Å². The van der Waals surface area contributed by atoms with Crippen molar-refractivity contribution in [1.82, 2.24) is 5.32 Å². The highest BCUT2D eigenvalue weighted by atomic mass is 32.1. The molecule has 2 aromatic rings. The van der Waals surface area contributed by atoms with Gasteiger partial charge in [0.25, 0.3) is 0 Å². The van der Waals surface area contributed by atoms with E-state index in [1.54, 1.807) is 0 Å². The predicted molar refractivity (Wildman–Crippen MR) is 135 cm³/mol. The molecule has 0 saturated heterocycles. The molecular weight excluding hydrogens is 483 g/mol. The Labute approximate surface area is 214 Å². The number of Topliss-reactive ketones (excluding diaryl/α,β-unsaturated/α-hetero) is 2. The molecule has 4 aliphatic rings. The van der Waals surface area contributed by atoms with Crippen molar-refractivity contribution in [3.05, 3.63) is 80.3 Å². The van der Waals surface area contributed by atoms with E-state index in [4.69, 9.17) is 0 Å². The van der Waals surface area contributed by atoms with Crippen LogP contribution in [0.3, 0.4) is 0 Å². The Morgan fingerprint density at radius 3 is 2.33 bits per heavy atom. The minimum absolute atomic E-state index is 0. The highest BCUT2D eigenvalue weighted by Crippen LogP contribution is 2.56. The number of rotatable bonds is 4. The second-order valence-corrected chi connectivity index (χ2v) is 11.6. The van der Waals surface area contributed by atoms with Crippen LogP contribution in [0.2, 0.25) is 0 Å². The van der Waals surface area contributed by atoms with E-state index in [2.05, 4.69) is 5.32 Å². The molecule has 1 N–H and O–H groups in total. The number of hydrogen-bond acceptors (Lipinski definition) is 4. The van der Waals surface area contributed by atoms with Gasteiger partial charge in [0.05, 0.1) is 5.56 Å². The molecule has 1 unspecified atom stereocenters. The first-order valence-corrected chi connectivity index (χ1v) is 13.7. The Balaban J connectivity index is 0.00000280. The third kappa shape index (κ3) is 3.96. The molecule has 0 radical (unpaired) electrons. The first-order valence-electron chi connectivity index (χ1n) is 12.8. The minimum atomic E-state index is -4.47. The molecule has 2 heterocycles. The van der Waals surface area contributed by atoms with Crippen LogP contribution in [0.4, 0.5) is 13.2 Å². The Morgan fingerprint density at radius 1 is 1.03 bits per heavy atom. The Bertz CT molecular complexity index is 1270. The van der Waals surface area contributed by atoms with Gasteiger partial charge in [0, 0.05) is 41.9 Å². The molecule has 3 nitrogen and oxygen atoms in total. The molecule has 6 rings (SSSR count). The fraction of sp³-hybridized carbons (Fsp3) is 0.448. The average Bonchev–Trinajstić information content (AvgIpc) is 3.55. The normalized spacial score (nSPS) is 24.1. The molecule has 190 valence electrons. The summed E-state index contributed by atoms with van der Waals surface area (Å²) >= 11 is 1.52. The maximum atomic E-state index is 14.1. The molecule has 2 fully saturated rings. The van der Waals surface area contributed by atoms with Crippen molar-refractivity contribution in [2.75, 3.05) is 0 Å². The van der Waals surface area contributed by atoms with Crippen molar-refractivity contribution < 1.29 is 24.2 Å². The number of hydrogen-bond donors (Lipinski definition) is 1. The zero-order valence-electron chi connectivity index (χ0n) is 19.9. The first-order chi connectivity index (χ1) is 17.3. The summed E-state index contributed by atoms with van der Waals surface area (Å²) < 4.78 is 39.5. The zero-order valence-corrected chi connectivity index (χ0v) is 20.7. The summed E-state index contributed by atoms with van der Waals surface area (Å²) in [6, 6.07) is 6.44. The first kappa shape index (κ1) is 23.7. The third-order valence-corrected chi connectivity index (χ3v) is 9.34. The smallest absolute Gasteiger partial charge is 0.361 e. The van der Waals surface area contributed by atoms with Crippen LogP contribution in [0.15, 0.2) is 63.6 Å². The largest absolute Gasteiger partial charge is 0.416 e. The topological polar surface area (TPSA) is 46.2 Å². The highest BCUT2D eigenvalue weighted by Gasteiger charge is 2.49. The van der Waals surface area contributed by atoms with Crippen LogP contribution in [0.25, 0.3) is 0 Å². The van der Waals surface area contributed by atoms with Gasteiger partial charge in [-0.15, -0.1) is 0 Å². The van der Waals surface area contributed by atoms with Crippen molar-refractivity contribution in [3.8, 4) is 0 Å². The van der Waals surface area contributed by atoms with E-state index in [0.717, 1.165) is 80.5 Å². The van der Waals surface area contributed by atoms with Crippen LogP contribution < -0.4 is 5.32 Å². The molecule has 1 aliphatic heterocycles. The number of dihydropyridines is 1. The van der Waals surface area contributed by atoms with Crippen LogP contribution in [0.1, 0.15) is 86.6 Å². The fourth-order valence-electron chi connectivity index (χ4n) is 6.67. The van der Waals surface area contributed by atoms with Gasteiger partial charge in [-0.05, 0) is 78.0 Å². The lowest BCUT2D eigenvalue weighted by atomic mass is 9.58. The number of benzene rings is 1. The van der Waals surface area contributed by atoms with Crippen LogP contribution in [-0.2, 0) is 11.0 Å². The number of alkyl halides is 3. The third-order valence-electron chi connectivity index (χ3n) is 8.64. The predicted octanol–water partition coefficient (Wildman–Crippen LogP) is 7.81. The monoisotopic (exact) mass is 513 g/mol. The van der Waals surface area contributed by atoms with E-state index >= 15 is 0 Å². The summed E-state index contributed by atoms with van der Waals surface area (Å²) in [5.74, 6) is -0.494. The van der Waals surface area contributed by atoms with Gasteiger partial charge < -0.3 is 5.32 Å². The van der Waals surface area contributed by atoms with Gasteiger partial charge in [-0.3, -0.25) is 9.59 Å². The number of carbonyl (C=O) groups excluding carboxylic acids is 2. The van der Waals surface area contributed by atoms with Gasteiger partial charge in [-0.2, -0.15) is 24.5 Å². The SMILES string of the molecule is O=C1CC2(CCC2)CC2=C1C(c1ccsc1)C(C(=O)c1ccc(C(F)(F)F)cc1)=C(C1CCCC1)N2.[HH]. The minimum Gasteiger partial charge on any atom is -0.361 e. The Morgan fingerprint density at radius 2 is 1.75 bits per heavy atom. The van der Waals surface area contributed by atoms with Crippen molar-refractivity contribution in [2.24, 2.45) is 11.3 Å². The number of halogens is 3.